The number of nitrogens with two attached hydrogens (primary N) is 1. The molecule has 2 aromatic rings. The third-order valence-electron chi connectivity index (χ3n) is 4.48. The van der Waals surface area contributed by atoms with Gasteiger partial charge in [-0.25, -0.2) is 14.4 Å². The Kier molecular flexibility index (Phi) is 6.45. The maximum absolute atomic E-state index is 14.6. The quantitative estimate of drug-likeness (QED) is 0.577. The fraction of sp³-hybridized carbons (Fsp3) is 0.421. The van der Waals surface area contributed by atoms with Gasteiger partial charge in [0.25, 0.3) is 5.91 Å². The second kappa shape index (κ2) is 9.01. The van der Waals surface area contributed by atoms with Crippen molar-refractivity contribution in [3.63, 3.8) is 0 Å². The van der Waals surface area contributed by atoms with Crippen molar-refractivity contribution in [3.8, 4) is 0 Å². The Labute approximate surface area is 169 Å². The van der Waals surface area contributed by atoms with Gasteiger partial charge >= 0.3 is 0 Å². The molecule has 5 N–H and O–H groups in total. The number of nitrogens with zero attached hydrogens (tertiary/aromatic N) is 4. The zero-order valence-electron chi connectivity index (χ0n) is 16.9. The highest BCUT2D eigenvalue weighted by Gasteiger charge is 2.18. The second-order valence-electron chi connectivity index (χ2n) is 7.35. The Morgan fingerprint density at radius 1 is 1.24 bits per heavy atom. The highest BCUT2D eigenvalue weighted by Crippen LogP contribution is 2.22. The van der Waals surface area contributed by atoms with Crippen molar-refractivity contribution in [2.75, 3.05) is 49.6 Å². The molecule has 9 nitrogen and oxygen atoms in total. The number of likely N-dealkylation sites (N-methyl/N-ethyl adjacent to an activating group) is 1. The summed E-state index contributed by atoms with van der Waals surface area (Å²) in [4.78, 5) is 22.9. The number of benzene rings is 1. The molecular formula is C19H27FN8O. The maximum Gasteiger partial charge on any atom is 0.265 e. The van der Waals surface area contributed by atoms with Gasteiger partial charge in [-0.2, -0.15) is 4.98 Å². The largest absolute Gasteiger partial charge is 0.394 e. The van der Waals surface area contributed by atoms with Gasteiger partial charge in [0.05, 0.1) is 17.6 Å². The van der Waals surface area contributed by atoms with Crippen LogP contribution < -0.4 is 21.8 Å². The third-order valence-corrected chi connectivity index (χ3v) is 4.48. The molecular weight excluding hydrogens is 375 g/mol. The molecule has 0 radical (unpaired) electrons. The van der Waals surface area contributed by atoms with Crippen LogP contribution in [0.5, 0.6) is 0 Å². The van der Waals surface area contributed by atoms with Crippen LogP contribution in [-0.2, 0) is 0 Å². The Morgan fingerprint density at radius 2 is 1.97 bits per heavy atom. The molecule has 1 aromatic carbocycles. The van der Waals surface area contributed by atoms with Gasteiger partial charge in [-0.3, -0.25) is 10.2 Å². The Balaban J connectivity index is 1.67. The number of hydrogen-bond acceptors (Lipinski definition) is 8. The van der Waals surface area contributed by atoms with Crippen LogP contribution >= 0.6 is 0 Å². The lowest BCUT2D eigenvalue weighted by molar-refractivity contribution is 0.0662. The first kappa shape index (κ1) is 20.7. The van der Waals surface area contributed by atoms with E-state index in [9.17, 15) is 9.18 Å². The van der Waals surface area contributed by atoms with Crippen molar-refractivity contribution < 1.29 is 9.18 Å². The van der Waals surface area contributed by atoms with E-state index in [1.807, 2.05) is 25.9 Å². The summed E-state index contributed by atoms with van der Waals surface area (Å²) >= 11 is 0. The number of anilines is 4. The van der Waals surface area contributed by atoms with Crippen molar-refractivity contribution in [1.82, 2.24) is 25.3 Å². The van der Waals surface area contributed by atoms with E-state index in [1.165, 1.54) is 18.3 Å². The monoisotopic (exact) mass is 402 g/mol. The average Bonchev–Trinajstić information content (AvgIpc) is 2.67. The van der Waals surface area contributed by atoms with Crippen molar-refractivity contribution in [1.29, 1.82) is 0 Å². The van der Waals surface area contributed by atoms with E-state index in [-0.39, 0.29) is 29.1 Å². The fourth-order valence-corrected chi connectivity index (χ4v) is 2.84. The molecule has 1 fully saturated rings. The number of halogens is 1. The number of nitrogen functional groups attached to an aromatic ring is 1. The molecule has 0 saturated carbocycles. The second-order valence-corrected chi connectivity index (χ2v) is 7.35. The first-order valence-corrected chi connectivity index (χ1v) is 9.52. The van der Waals surface area contributed by atoms with Crippen LogP contribution in [0.3, 0.4) is 0 Å². The van der Waals surface area contributed by atoms with Gasteiger partial charge in [-0.05, 0) is 39.1 Å². The molecule has 1 saturated heterocycles. The standard InChI is InChI=1S/C19H27FN8O/c1-12(2)23-17-15(21)11-22-19(25-17)24-16-5-4-13(10-14(16)20)18(29)26-28-8-6-27(3)7-9-28/h4-5,10-12H,6-9,21H2,1-3H3,(H,26,29)(H2,22,23,24,25). The maximum atomic E-state index is 14.6. The number of piperazine rings is 1. The summed E-state index contributed by atoms with van der Waals surface area (Å²) in [6.07, 6.45) is 1.45. The summed E-state index contributed by atoms with van der Waals surface area (Å²) in [5.74, 6) is -0.237. The van der Waals surface area contributed by atoms with E-state index in [4.69, 9.17) is 5.73 Å². The molecule has 0 bridgehead atoms. The molecule has 0 unspecified atom stereocenters. The molecule has 1 aromatic heterocycles. The molecule has 1 aliphatic rings. The minimum Gasteiger partial charge on any atom is -0.394 e. The lowest BCUT2D eigenvalue weighted by Gasteiger charge is -2.32. The van der Waals surface area contributed by atoms with Crippen molar-refractivity contribution in [3.05, 3.63) is 35.8 Å². The third kappa shape index (κ3) is 5.52. The van der Waals surface area contributed by atoms with Gasteiger partial charge in [0.15, 0.2) is 5.82 Å². The number of rotatable bonds is 6. The Hall–Kier alpha value is -2.98. The number of nitrogens with one attached hydrogen (secondary N) is 3. The average molecular weight is 402 g/mol. The minimum atomic E-state index is -0.574. The molecule has 0 spiro atoms. The van der Waals surface area contributed by atoms with Crippen molar-refractivity contribution in [2.45, 2.75) is 19.9 Å². The Morgan fingerprint density at radius 3 is 2.62 bits per heavy atom. The molecule has 2 heterocycles. The van der Waals surface area contributed by atoms with Gasteiger partial charge < -0.3 is 21.3 Å². The van der Waals surface area contributed by atoms with Gasteiger partial charge in [0.1, 0.15) is 5.82 Å². The Bertz CT molecular complexity index is 867. The fourth-order valence-electron chi connectivity index (χ4n) is 2.84. The molecule has 3 rings (SSSR count). The number of amides is 1. The predicted molar refractivity (Wildman–Crippen MR) is 111 cm³/mol. The summed E-state index contributed by atoms with van der Waals surface area (Å²) in [5.41, 5.74) is 9.49. The number of hydrazine groups is 1. The smallest absolute Gasteiger partial charge is 0.265 e. The molecule has 29 heavy (non-hydrogen) atoms. The van der Waals surface area contributed by atoms with Crippen molar-refractivity contribution in [2.24, 2.45) is 0 Å². The number of carbonyl (C=O) groups excluding carboxylic acids is 1. The normalized spacial score (nSPS) is 15.3. The zero-order valence-corrected chi connectivity index (χ0v) is 16.9. The summed E-state index contributed by atoms with van der Waals surface area (Å²) < 4.78 is 14.6. The van der Waals surface area contributed by atoms with Gasteiger partial charge in [0.2, 0.25) is 5.95 Å². The zero-order chi connectivity index (χ0) is 21.0. The molecule has 0 atom stereocenters. The van der Waals surface area contributed by atoms with E-state index in [1.54, 1.807) is 6.07 Å². The topological polar surface area (TPSA) is 111 Å². The van der Waals surface area contributed by atoms with E-state index in [0.29, 0.717) is 11.5 Å². The summed E-state index contributed by atoms with van der Waals surface area (Å²) in [6, 6.07) is 4.37. The molecule has 1 aliphatic heterocycles. The van der Waals surface area contributed by atoms with Crippen LogP contribution in [0.15, 0.2) is 24.4 Å². The van der Waals surface area contributed by atoms with Gasteiger partial charge in [-0.1, -0.05) is 0 Å². The number of hydrogen-bond donors (Lipinski definition) is 4. The summed E-state index contributed by atoms with van der Waals surface area (Å²) in [7, 11) is 2.03. The number of carbonyl (C=O) groups is 1. The first-order chi connectivity index (χ1) is 13.8. The van der Waals surface area contributed by atoms with Crippen LogP contribution in [0.25, 0.3) is 0 Å². The van der Waals surface area contributed by atoms with Crippen LogP contribution in [0.4, 0.5) is 27.5 Å². The minimum absolute atomic E-state index is 0.134. The van der Waals surface area contributed by atoms with Crippen LogP contribution in [0, 0.1) is 5.82 Å². The van der Waals surface area contributed by atoms with E-state index >= 15 is 0 Å². The summed E-state index contributed by atoms with van der Waals surface area (Å²) in [5, 5.41) is 7.78. The molecule has 1 amide bonds. The SMILES string of the molecule is CC(C)Nc1nc(Nc2ccc(C(=O)NN3CCN(C)CC3)cc2F)ncc1N. The predicted octanol–water partition coefficient (Wildman–Crippen LogP) is 1.65. The van der Waals surface area contributed by atoms with E-state index < -0.39 is 5.82 Å². The summed E-state index contributed by atoms with van der Waals surface area (Å²) in [6.45, 7) is 7.11. The first-order valence-electron chi connectivity index (χ1n) is 9.52. The molecule has 0 aliphatic carbocycles. The van der Waals surface area contributed by atoms with Crippen molar-refractivity contribution >= 4 is 29.0 Å². The number of aromatic nitrogens is 2. The highest BCUT2D eigenvalue weighted by molar-refractivity contribution is 5.94. The van der Waals surface area contributed by atoms with Crippen LogP contribution in [0.2, 0.25) is 0 Å². The molecule has 156 valence electrons. The van der Waals surface area contributed by atoms with E-state index in [2.05, 4.69) is 30.9 Å². The van der Waals surface area contributed by atoms with Gasteiger partial charge in [-0.15, -0.1) is 0 Å². The van der Waals surface area contributed by atoms with Crippen LogP contribution in [0.1, 0.15) is 24.2 Å². The van der Waals surface area contributed by atoms with E-state index in [0.717, 1.165) is 26.2 Å². The lowest BCUT2D eigenvalue weighted by atomic mass is 10.2. The highest BCUT2D eigenvalue weighted by atomic mass is 19.1. The molecule has 10 heteroatoms. The lowest BCUT2D eigenvalue weighted by Crippen LogP contribution is -2.52. The van der Waals surface area contributed by atoms with Gasteiger partial charge in [0, 0.05) is 37.8 Å². The van der Waals surface area contributed by atoms with Crippen LogP contribution in [-0.4, -0.2) is 65.1 Å².